The van der Waals surface area contributed by atoms with Crippen LogP contribution in [0, 0.1) is 6.92 Å². The predicted octanol–water partition coefficient (Wildman–Crippen LogP) is 6.91. The Balaban J connectivity index is 2.03. The molecule has 0 saturated carbocycles. The monoisotopic (exact) mass is 410 g/mol. The molecule has 0 aromatic heterocycles. The highest BCUT2D eigenvalue weighted by Crippen LogP contribution is 2.39. The van der Waals surface area contributed by atoms with Crippen molar-refractivity contribution >= 4 is 39.8 Å². The van der Waals surface area contributed by atoms with Gasteiger partial charge in [-0.25, -0.2) is 0 Å². The zero-order chi connectivity index (χ0) is 19.8. The lowest BCUT2D eigenvalue weighted by Gasteiger charge is -2.20. The van der Waals surface area contributed by atoms with E-state index in [1.54, 1.807) is 12.1 Å². The summed E-state index contributed by atoms with van der Waals surface area (Å²) in [6, 6.07) is 14.5. The minimum atomic E-state index is -4.74. The molecule has 140 valence electrons. The summed E-state index contributed by atoms with van der Waals surface area (Å²) in [5.41, 5.74) is 1.31. The minimum absolute atomic E-state index is 0.0559. The van der Waals surface area contributed by atoms with Gasteiger partial charge in [0.15, 0.2) is 5.78 Å². The highest BCUT2D eigenvalue weighted by atomic mass is 35.5. The van der Waals surface area contributed by atoms with Gasteiger partial charge in [-0.1, -0.05) is 59.6 Å². The first-order valence-electron chi connectivity index (χ1n) is 8.19. The lowest BCUT2D eigenvalue weighted by atomic mass is 9.88. The number of alkyl halides is 3. The molecule has 0 heterocycles. The number of rotatable bonds is 4. The van der Waals surface area contributed by atoms with Gasteiger partial charge in [-0.2, -0.15) is 13.2 Å². The molecule has 0 amide bonds. The number of benzene rings is 3. The molecule has 0 fully saturated rings. The van der Waals surface area contributed by atoms with Crippen LogP contribution in [0.2, 0.25) is 10.0 Å². The SMILES string of the molecule is Cc1ccc(CC(=O)C(c2cc(Cl)cc(Cl)c2)C(F)(F)F)c2ccccc12. The Morgan fingerprint density at radius 3 is 2.15 bits per heavy atom. The number of aryl methyl sites for hydroxylation is 1. The van der Waals surface area contributed by atoms with Crippen LogP contribution in [0.4, 0.5) is 13.2 Å². The van der Waals surface area contributed by atoms with Crippen molar-refractivity contribution < 1.29 is 18.0 Å². The van der Waals surface area contributed by atoms with Crippen LogP contribution in [0.25, 0.3) is 10.8 Å². The zero-order valence-electron chi connectivity index (χ0n) is 14.3. The van der Waals surface area contributed by atoms with Gasteiger partial charge in [0.2, 0.25) is 0 Å². The molecule has 0 saturated heterocycles. The van der Waals surface area contributed by atoms with Gasteiger partial charge in [0.25, 0.3) is 0 Å². The van der Waals surface area contributed by atoms with E-state index in [1.165, 1.54) is 6.07 Å². The van der Waals surface area contributed by atoms with E-state index in [0.717, 1.165) is 28.5 Å². The number of halogens is 5. The van der Waals surface area contributed by atoms with Gasteiger partial charge in [0, 0.05) is 16.5 Å². The van der Waals surface area contributed by atoms with E-state index in [2.05, 4.69) is 0 Å². The summed E-state index contributed by atoms with van der Waals surface area (Å²) >= 11 is 11.7. The van der Waals surface area contributed by atoms with Gasteiger partial charge in [-0.3, -0.25) is 4.79 Å². The first kappa shape index (κ1) is 19.7. The fraction of sp³-hybridized carbons (Fsp3) is 0.190. The van der Waals surface area contributed by atoms with Crippen LogP contribution in [-0.2, 0) is 11.2 Å². The minimum Gasteiger partial charge on any atom is -0.298 e. The highest BCUT2D eigenvalue weighted by Gasteiger charge is 2.45. The molecule has 0 aliphatic carbocycles. The second-order valence-electron chi connectivity index (χ2n) is 6.41. The van der Waals surface area contributed by atoms with E-state index in [-0.39, 0.29) is 22.0 Å². The van der Waals surface area contributed by atoms with Crippen molar-refractivity contribution in [3.8, 4) is 0 Å². The highest BCUT2D eigenvalue weighted by molar-refractivity contribution is 6.34. The maximum absolute atomic E-state index is 13.7. The van der Waals surface area contributed by atoms with Gasteiger partial charge >= 0.3 is 6.18 Å². The molecule has 3 aromatic carbocycles. The molecule has 6 heteroatoms. The van der Waals surface area contributed by atoms with Crippen molar-refractivity contribution in [1.82, 2.24) is 0 Å². The van der Waals surface area contributed by atoms with E-state index >= 15 is 0 Å². The van der Waals surface area contributed by atoms with Crippen LogP contribution in [0.1, 0.15) is 22.6 Å². The average Bonchev–Trinajstić information content (AvgIpc) is 2.55. The smallest absolute Gasteiger partial charge is 0.298 e. The quantitative estimate of drug-likeness (QED) is 0.456. The van der Waals surface area contributed by atoms with E-state index < -0.39 is 17.9 Å². The Morgan fingerprint density at radius 2 is 1.56 bits per heavy atom. The van der Waals surface area contributed by atoms with Gasteiger partial charge in [0.1, 0.15) is 5.92 Å². The fourth-order valence-electron chi connectivity index (χ4n) is 3.26. The standard InChI is InChI=1S/C21H15Cl2F3O/c1-12-6-7-13(18-5-3-2-4-17(12)18)10-19(27)20(21(24,25)26)14-8-15(22)11-16(23)9-14/h2-9,11,20H,10H2,1H3. The maximum atomic E-state index is 13.7. The third-order valence-electron chi connectivity index (χ3n) is 4.46. The van der Waals surface area contributed by atoms with Crippen molar-refractivity contribution in [3.05, 3.63) is 81.3 Å². The lowest BCUT2D eigenvalue weighted by molar-refractivity contribution is -0.163. The van der Waals surface area contributed by atoms with Crippen molar-refractivity contribution in [2.75, 3.05) is 0 Å². The molecule has 1 nitrogen and oxygen atoms in total. The third kappa shape index (κ3) is 4.28. The van der Waals surface area contributed by atoms with Gasteiger partial charge in [0.05, 0.1) is 0 Å². The molecule has 0 aliphatic rings. The van der Waals surface area contributed by atoms with Crippen LogP contribution in [0.15, 0.2) is 54.6 Å². The predicted molar refractivity (Wildman–Crippen MR) is 103 cm³/mol. The van der Waals surface area contributed by atoms with Gasteiger partial charge in [-0.05, 0) is 52.6 Å². The number of fused-ring (bicyclic) bond motifs is 1. The summed E-state index contributed by atoms with van der Waals surface area (Å²) in [4.78, 5) is 12.7. The van der Waals surface area contributed by atoms with Crippen LogP contribution >= 0.6 is 23.2 Å². The topological polar surface area (TPSA) is 17.1 Å². The Labute approximate surface area is 164 Å². The summed E-state index contributed by atoms with van der Waals surface area (Å²) in [6.07, 6.45) is -5.08. The molecule has 0 aliphatic heterocycles. The Bertz CT molecular complexity index is 992. The van der Waals surface area contributed by atoms with Crippen molar-refractivity contribution in [2.45, 2.75) is 25.4 Å². The van der Waals surface area contributed by atoms with Crippen molar-refractivity contribution in [3.63, 3.8) is 0 Å². The summed E-state index contributed by atoms with van der Waals surface area (Å²) in [5, 5.41) is 1.80. The summed E-state index contributed by atoms with van der Waals surface area (Å²) < 4.78 is 41.1. The first-order chi connectivity index (χ1) is 12.7. The maximum Gasteiger partial charge on any atom is 0.402 e. The Morgan fingerprint density at radius 1 is 0.963 bits per heavy atom. The summed E-state index contributed by atoms with van der Waals surface area (Å²) in [5.74, 6) is -3.23. The molecule has 0 spiro atoms. The third-order valence-corrected chi connectivity index (χ3v) is 4.90. The molecule has 0 N–H and O–H groups in total. The number of hydrogen-bond acceptors (Lipinski definition) is 1. The molecule has 1 atom stereocenters. The number of carbonyl (C=O) groups is 1. The largest absolute Gasteiger partial charge is 0.402 e. The Hall–Kier alpha value is -2.04. The number of Topliss-reactive ketones (excluding diaryl/α,β-unsaturated/α-hetero) is 1. The first-order valence-corrected chi connectivity index (χ1v) is 8.95. The number of carbonyl (C=O) groups excluding carboxylic acids is 1. The van der Waals surface area contributed by atoms with Crippen LogP contribution < -0.4 is 0 Å². The van der Waals surface area contributed by atoms with Gasteiger partial charge in [-0.15, -0.1) is 0 Å². The fourth-order valence-corrected chi connectivity index (χ4v) is 3.80. The molecule has 27 heavy (non-hydrogen) atoms. The molecule has 3 aromatic rings. The van der Waals surface area contributed by atoms with E-state index in [9.17, 15) is 18.0 Å². The van der Waals surface area contributed by atoms with Crippen LogP contribution in [-0.4, -0.2) is 12.0 Å². The molecule has 3 rings (SSSR count). The molecule has 1 unspecified atom stereocenters. The van der Waals surface area contributed by atoms with Crippen LogP contribution in [0.5, 0.6) is 0 Å². The van der Waals surface area contributed by atoms with Crippen LogP contribution in [0.3, 0.4) is 0 Å². The molecular formula is C21H15Cl2F3O. The molecule has 0 bridgehead atoms. The van der Waals surface area contributed by atoms with E-state index in [1.807, 2.05) is 31.2 Å². The lowest BCUT2D eigenvalue weighted by Crippen LogP contribution is -2.29. The number of ketones is 1. The second-order valence-corrected chi connectivity index (χ2v) is 7.28. The van der Waals surface area contributed by atoms with Gasteiger partial charge < -0.3 is 0 Å². The Kier molecular flexibility index (Phi) is 5.50. The normalized spacial score (nSPS) is 13.0. The van der Waals surface area contributed by atoms with E-state index in [4.69, 9.17) is 23.2 Å². The second kappa shape index (κ2) is 7.53. The summed E-state index contributed by atoms with van der Waals surface area (Å²) in [7, 11) is 0. The van der Waals surface area contributed by atoms with Crippen molar-refractivity contribution in [1.29, 1.82) is 0 Å². The van der Waals surface area contributed by atoms with Crippen molar-refractivity contribution in [2.24, 2.45) is 0 Å². The van der Waals surface area contributed by atoms with E-state index in [0.29, 0.717) is 5.56 Å². The molecular weight excluding hydrogens is 396 g/mol. The molecule has 0 radical (unpaired) electrons. The zero-order valence-corrected chi connectivity index (χ0v) is 15.8. The number of hydrogen-bond donors (Lipinski definition) is 0. The average molecular weight is 411 g/mol. The summed E-state index contributed by atoms with van der Waals surface area (Å²) in [6.45, 7) is 1.92.